The Morgan fingerprint density at radius 1 is 1.16 bits per heavy atom. The lowest BCUT2D eigenvalue weighted by molar-refractivity contribution is 0.190. The van der Waals surface area contributed by atoms with Crippen molar-refractivity contribution in [2.45, 2.75) is 13.0 Å². The second-order valence-corrected chi connectivity index (χ2v) is 4.39. The Morgan fingerprint density at radius 2 is 1.74 bits per heavy atom. The van der Waals surface area contributed by atoms with Crippen LogP contribution in [0.4, 0.5) is 5.69 Å². The Bertz CT molecular complexity index is 374. The first-order chi connectivity index (χ1) is 9.10. The standard InChI is InChI=1S/C14H23NO4/c1-11(16)13-5-4-12(10-14(13)17)15(6-8-18-2)7-9-19-3/h4-5,10-11,16-17H,6-9H2,1-3H3. The molecule has 0 bridgehead atoms. The van der Waals surface area contributed by atoms with Gasteiger partial charge in [0, 0.05) is 44.6 Å². The lowest BCUT2D eigenvalue weighted by Gasteiger charge is -2.25. The molecule has 5 nitrogen and oxygen atoms in total. The Labute approximate surface area is 114 Å². The van der Waals surface area contributed by atoms with Crippen molar-refractivity contribution in [3.8, 4) is 5.75 Å². The summed E-state index contributed by atoms with van der Waals surface area (Å²) in [6.45, 7) is 4.26. The fourth-order valence-electron chi connectivity index (χ4n) is 1.85. The smallest absolute Gasteiger partial charge is 0.123 e. The summed E-state index contributed by atoms with van der Waals surface area (Å²) in [7, 11) is 3.31. The highest BCUT2D eigenvalue weighted by molar-refractivity contribution is 5.53. The van der Waals surface area contributed by atoms with Crippen LogP contribution in [0, 0.1) is 0 Å². The summed E-state index contributed by atoms with van der Waals surface area (Å²) in [5.41, 5.74) is 1.41. The van der Waals surface area contributed by atoms with Crippen molar-refractivity contribution in [2.24, 2.45) is 0 Å². The van der Waals surface area contributed by atoms with E-state index in [0.29, 0.717) is 31.9 Å². The van der Waals surface area contributed by atoms with Gasteiger partial charge in [-0.1, -0.05) is 6.07 Å². The molecule has 1 atom stereocenters. The number of aliphatic hydroxyl groups is 1. The fraction of sp³-hybridized carbons (Fsp3) is 0.571. The van der Waals surface area contributed by atoms with E-state index >= 15 is 0 Å². The highest BCUT2D eigenvalue weighted by Gasteiger charge is 2.11. The molecule has 0 fully saturated rings. The molecule has 0 aliphatic rings. The molecule has 0 saturated heterocycles. The summed E-state index contributed by atoms with van der Waals surface area (Å²) < 4.78 is 10.2. The molecule has 0 heterocycles. The second-order valence-electron chi connectivity index (χ2n) is 4.39. The maximum atomic E-state index is 9.91. The number of rotatable bonds is 8. The summed E-state index contributed by atoms with van der Waals surface area (Å²) >= 11 is 0. The molecule has 0 saturated carbocycles. The molecule has 19 heavy (non-hydrogen) atoms. The predicted octanol–water partition coefficient (Wildman–Crippen LogP) is 1.54. The van der Waals surface area contributed by atoms with E-state index in [1.807, 2.05) is 6.07 Å². The lowest BCUT2D eigenvalue weighted by atomic mass is 10.1. The third kappa shape index (κ3) is 4.70. The number of aliphatic hydroxyl groups excluding tert-OH is 1. The number of phenolic OH excluding ortho intramolecular Hbond substituents is 1. The number of nitrogens with zero attached hydrogens (tertiary/aromatic N) is 1. The van der Waals surface area contributed by atoms with Gasteiger partial charge < -0.3 is 24.6 Å². The maximum absolute atomic E-state index is 9.91. The highest BCUT2D eigenvalue weighted by atomic mass is 16.5. The van der Waals surface area contributed by atoms with Crippen LogP contribution in [0.3, 0.4) is 0 Å². The monoisotopic (exact) mass is 269 g/mol. The number of phenols is 1. The van der Waals surface area contributed by atoms with Crippen molar-refractivity contribution in [2.75, 3.05) is 45.4 Å². The van der Waals surface area contributed by atoms with E-state index in [9.17, 15) is 10.2 Å². The van der Waals surface area contributed by atoms with Crippen LogP contribution in [0.25, 0.3) is 0 Å². The molecule has 0 aliphatic heterocycles. The Morgan fingerprint density at radius 3 is 2.16 bits per heavy atom. The van der Waals surface area contributed by atoms with Gasteiger partial charge in [0.2, 0.25) is 0 Å². The van der Waals surface area contributed by atoms with Crippen LogP contribution in [0.15, 0.2) is 18.2 Å². The Kier molecular flexibility index (Phi) is 6.62. The first kappa shape index (κ1) is 15.8. The number of benzene rings is 1. The average molecular weight is 269 g/mol. The minimum Gasteiger partial charge on any atom is -0.507 e. The van der Waals surface area contributed by atoms with Crippen molar-refractivity contribution < 1.29 is 19.7 Å². The van der Waals surface area contributed by atoms with Gasteiger partial charge in [0.15, 0.2) is 0 Å². The van der Waals surface area contributed by atoms with E-state index in [2.05, 4.69) is 4.90 Å². The predicted molar refractivity (Wildman–Crippen MR) is 74.7 cm³/mol. The van der Waals surface area contributed by atoms with Gasteiger partial charge in [-0.2, -0.15) is 0 Å². The van der Waals surface area contributed by atoms with Crippen LogP contribution in [-0.4, -0.2) is 50.7 Å². The summed E-state index contributed by atoms with van der Waals surface area (Å²) in [4.78, 5) is 2.07. The first-order valence-corrected chi connectivity index (χ1v) is 6.34. The minimum atomic E-state index is -0.680. The van der Waals surface area contributed by atoms with Gasteiger partial charge in [-0.3, -0.25) is 0 Å². The topological polar surface area (TPSA) is 62.2 Å². The quantitative estimate of drug-likeness (QED) is 0.749. The van der Waals surface area contributed by atoms with Crippen LogP contribution in [0.5, 0.6) is 5.75 Å². The van der Waals surface area contributed by atoms with Crippen molar-refractivity contribution >= 4 is 5.69 Å². The Hall–Kier alpha value is -1.30. The number of hydrogen-bond acceptors (Lipinski definition) is 5. The van der Waals surface area contributed by atoms with E-state index in [1.165, 1.54) is 0 Å². The summed E-state index contributed by atoms with van der Waals surface area (Å²) in [5.74, 6) is 0.104. The molecular formula is C14H23NO4. The Balaban J connectivity index is 2.85. The lowest BCUT2D eigenvalue weighted by Crippen LogP contribution is -2.30. The van der Waals surface area contributed by atoms with Gasteiger partial charge in [-0.25, -0.2) is 0 Å². The molecule has 108 valence electrons. The number of methoxy groups -OCH3 is 2. The van der Waals surface area contributed by atoms with Crippen molar-refractivity contribution in [1.29, 1.82) is 0 Å². The minimum absolute atomic E-state index is 0.104. The molecule has 0 aromatic heterocycles. The normalized spacial score (nSPS) is 12.4. The molecule has 0 spiro atoms. The van der Waals surface area contributed by atoms with Gasteiger partial charge >= 0.3 is 0 Å². The van der Waals surface area contributed by atoms with Crippen molar-refractivity contribution in [3.63, 3.8) is 0 Å². The number of ether oxygens (including phenoxy) is 2. The molecule has 5 heteroatoms. The molecule has 2 N–H and O–H groups in total. The fourth-order valence-corrected chi connectivity index (χ4v) is 1.85. The van der Waals surface area contributed by atoms with E-state index in [4.69, 9.17) is 9.47 Å². The third-order valence-corrected chi connectivity index (χ3v) is 2.96. The summed E-state index contributed by atoms with van der Waals surface area (Å²) in [5, 5.41) is 19.4. The van der Waals surface area contributed by atoms with Gasteiger partial charge in [-0.15, -0.1) is 0 Å². The van der Waals surface area contributed by atoms with E-state index in [1.54, 1.807) is 33.3 Å². The average Bonchev–Trinajstić information content (AvgIpc) is 2.38. The van der Waals surface area contributed by atoms with Crippen LogP contribution < -0.4 is 4.90 Å². The van der Waals surface area contributed by atoms with Crippen LogP contribution in [-0.2, 0) is 9.47 Å². The van der Waals surface area contributed by atoms with Crippen molar-refractivity contribution in [3.05, 3.63) is 23.8 Å². The van der Waals surface area contributed by atoms with Crippen LogP contribution in [0.2, 0.25) is 0 Å². The summed E-state index contributed by atoms with van der Waals surface area (Å²) in [6, 6.07) is 5.28. The number of hydrogen-bond donors (Lipinski definition) is 2. The SMILES string of the molecule is COCCN(CCOC)c1ccc(C(C)O)c(O)c1. The molecule has 1 aromatic carbocycles. The van der Waals surface area contributed by atoms with E-state index in [-0.39, 0.29) is 5.75 Å². The van der Waals surface area contributed by atoms with Crippen molar-refractivity contribution in [1.82, 2.24) is 0 Å². The number of anilines is 1. The molecule has 0 radical (unpaired) electrons. The van der Waals surface area contributed by atoms with Crippen LogP contribution in [0.1, 0.15) is 18.6 Å². The zero-order valence-corrected chi connectivity index (χ0v) is 11.8. The number of aromatic hydroxyl groups is 1. The first-order valence-electron chi connectivity index (χ1n) is 6.34. The van der Waals surface area contributed by atoms with Crippen LogP contribution >= 0.6 is 0 Å². The molecule has 0 aliphatic carbocycles. The van der Waals surface area contributed by atoms with Gasteiger partial charge in [0.1, 0.15) is 5.75 Å². The second kappa shape index (κ2) is 7.99. The largest absolute Gasteiger partial charge is 0.507 e. The van der Waals surface area contributed by atoms with Gasteiger partial charge in [0.25, 0.3) is 0 Å². The zero-order chi connectivity index (χ0) is 14.3. The molecule has 0 amide bonds. The zero-order valence-electron chi connectivity index (χ0n) is 11.8. The molecule has 1 rings (SSSR count). The van der Waals surface area contributed by atoms with E-state index in [0.717, 1.165) is 5.69 Å². The van der Waals surface area contributed by atoms with Gasteiger partial charge in [0.05, 0.1) is 19.3 Å². The summed E-state index contributed by atoms with van der Waals surface area (Å²) in [6.07, 6.45) is -0.680. The van der Waals surface area contributed by atoms with Gasteiger partial charge in [-0.05, 0) is 13.0 Å². The maximum Gasteiger partial charge on any atom is 0.123 e. The molecular weight excluding hydrogens is 246 g/mol. The van der Waals surface area contributed by atoms with E-state index < -0.39 is 6.10 Å². The highest BCUT2D eigenvalue weighted by Crippen LogP contribution is 2.28. The molecule has 1 unspecified atom stereocenters. The molecule has 1 aromatic rings. The third-order valence-electron chi connectivity index (χ3n) is 2.96.